The predicted octanol–water partition coefficient (Wildman–Crippen LogP) is 6.40. The quantitative estimate of drug-likeness (QED) is 0.470. The van der Waals surface area contributed by atoms with E-state index in [0.717, 1.165) is 0 Å². The summed E-state index contributed by atoms with van der Waals surface area (Å²) in [6.07, 6.45) is 0. The molecular weight excluding hydrogens is 278 g/mol. The Bertz CT molecular complexity index is 833. The lowest BCUT2D eigenvalue weighted by atomic mass is 9.92. The number of fused-ring (bicyclic) bond motifs is 3. The Kier molecular flexibility index (Phi) is 3.63. The maximum atomic E-state index is 2.54. The molecule has 0 bridgehead atoms. The van der Waals surface area contributed by atoms with Crippen molar-refractivity contribution in [1.82, 2.24) is 0 Å². The van der Waals surface area contributed by atoms with Crippen molar-refractivity contribution in [2.75, 3.05) is 4.90 Å². The summed E-state index contributed by atoms with van der Waals surface area (Å²) >= 11 is 0. The summed E-state index contributed by atoms with van der Waals surface area (Å²) < 4.78 is 0. The molecule has 0 saturated heterocycles. The summed E-state index contributed by atoms with van der Waals surface area (Å²) in [7, 11) is 0. The van der Waals surface area contributed by atoms with Gasteiger partial charge in [-0.1, -0.05) is 48.5 Å². The summed E-state index contributed by atoms with van der Waals surface area (Å²) in [5, 5.41) is 5.29. The molecule has 0 spiro atoms. The molecule has 0 unspecified atom stereocenters. The van der Waals surface area contributed by atoms with Crippen molar-refractivity contribution in [2.45, 2.75) is 52.6 Å². The van der Waals surface area contributed by atoms with Crippen LogP contribution in [0.1, 0.15) is 41.5 Å². The largest absolute Gasteiger partial charge is 0.361 e. The Morgan fingerprint density at radius 1 is 0.565 bits per heavy atom. The van der Waals surface area contributed by atoms with Crippen LogP contribution in [0.5, 0.6) is 0 Å². The van der Waals surface area contributed by atoms with Crippen molar-refractivity contribution in [1.29, 1.82) is 0 Å². The summed E-state index contributed by atoms with van der Waals surface area (Å²) in [4.78, 5) is 2.54. The molecule has 0 heterocycles. The fraction of sp³-hybridized carbons (Fsp3) is 0.364. The van der Waals surface area contributed by atoms with E-state index in [1.54, 1.807) is 0 Å². The van der Waals surface area contributed by atoms with Crippen molar-refractivity contribution in [3.63, 3.8) is 0 Å². The Morgan fingerprint density at radius 2 is 1.17 bits per heavy atom. The minimum Gasteiger partial charge on any atom is -0.361 e. The van der Waals surface area contributed by atoms with Gasteiger partial charge in [0.05, 0.1) is 0 Å². The highest BCUT2D eigenvalue weighted by Gasteiger charge is 2.32. The average Bonchev–Trinajstić information content (AvgIpc) is 2.44. The van der Waals surface area contributed by atoms with Gasteiger partial charge in [0.2, 0.25) is 0 Å². The van der Waals surface area contributed by atoms with Gasteiger partial charge >= 0.3 is 0 Å². The molecule has 0 aromatic heterocycles. The van der Waals surface area contributed by atoms with E-state index in [2.05, 4.69) is 101 Å². The van der Waals surface area contributed by atoms with Gasteiger partial charge in [-0.05, 0) is 63.8 Å². The first kappa shape index (κ1) is 15.9. The first-order valence-corrected chi connectivity index (χ1v) is 8.40. The maximum Gasteiger partial charge on any atom is 0.0454 e. The Balaban J connectivity index is 2.36. The zero-order chi connectivity index (χ0) is 16.8. The van der Waals surface area contributed by atoms with E-state index in [0.29, 0.717) is 0 Å². The lowest BCUT2D eigenvalue weighted by Gasteiger charge is -2.48. The third-order valence-electron chi connectivity index (χ3n) is 4.35. The summed E-state index contributed by atoms with van der Waals surface area (Å²) in [6.45, 7) is 13.7. The molecule has 1 nitrogen and oxygen atoms in total. The maximum absolute atomic E-state index is 2.54. The minimum atomic E-state index is 0.0537. The fourth-order valence-electron chi connectivity index (χ4n) is 3.95. The summed E-state index contributed by atoms with van der Waals surface area (Å²) in [5.41, 5.74) is 1.42. The van der Waals surface area contributed by atoms with Crippen LogP contribution in [0.15, 0.2) is 54.6 Å². The van der Waals surface area contributed by atoms with E-state index < -0.39 is 0 Å². The van der Waals surface area contributed by atoms with Gasteiger partial charge in [0.1, 0.15) is 0 Å². The molecule has 0 N–H and O–H groups in total. The van der Waals surface area contributed by atoms with Gasteiger partial charge in [-0.2, -0.15) is 0 Å². The second-order valence-electron chi connectivity index (χ2n) is 8.34. The molecule has 0 aliphatic carbocycles. The smallest absolute Gasteiger partial charge is 0.0454 e. The molecule has 23 heavy (non-hydrogen) atoms. The molecule has 0 radical (unpaired) electrons. The van der Waals surface area contributed by atoms with Crippen LogP contribution in [0.2, 0.25) is 0 Å². The molecule has 3 rings (SSSR count). The molecule has 120 valence electrons. The summed E-state index contributed by atoms with van der Waals surface area (Å²) in [6, 6.07) is 19.8. The highest BCUT2D eigenvalue weighted by atomic mass is 15.2. The van der Waals surface area contributed by atoms with Crippen molar-refractivity contribution in [3.8, 4) is 0 Å². The van der Waals surface area contributed by atoms with Crippen LogP contribution in [0.25, 0.3) is 21.5 Å². The van der Waals surface area contributed by atoms with Crippen molar-refractivity contribution >= 4 is 27.2 Å². The molecule has 3 aromatic carbocycles. The first-order chi connectivity index (χ1) is 10.7. The number of hydrogen-bond acceptors (Lipinski definition) is 1. The van der Waals surface area contributed by atoms with Crippen LogP contribution in [0.3, 0.4) is 0 Å². The molecule has 3 aromatic rings. The second-order valence-corrected chi connectivity index (χ2v) is 8.34. The highest BCUT2D eigenvalue weighted by Crippen LogP contribution is 2.38. The second kappa shape index (κ2) is 5.26. The normalized spacial score (nSPS) is 12.8. The van der Waals surface area contributed by atoms with Crippen LogP contribution in [-0.4, -0.2) is 11.1 Å². The Hall–Kier alpha value is -2.02. The van der Waals surface area contributed by atoms with Gasteiger partial charge in [-0.15, -0.1) is 0 Å². The third kappa shape index (κ3) is 2.81. The van der Waals surface area contributed by atoms with Crippen LogP contribution in [0, 0.1) is 0 Å². The van der Waals surface area contributed by atoms with Gasteiger partial charge in [0, 0.05) is 22.2 Å². The SMILES string of the molecule is CC(C)(C)N(c1cccc2c1ccc1ccccc12)C(C)(C)C. The molecule has 0 fully saturated rings. The number of rotatable bonds is 1. The van der Waals surface area contributed by atoms with Crippen molar-refractivity contribution in [3.05, 3.63) is 54.6 Å². The Labute approximate surface area is 139 Å². The number of hydrogen-bond donors (Lipinski definition) is 0. The molecular formula is C22H27N. The first-order valence-electron chi connectivity index (χ1n) is 8.40. The zero-order valence-corrected chi connectivity index (χ0v) is 15.1. The molecule has 0 aliphatic heterocycles. The number of nitrogens with zero attached hydrogens (tertiary/aromatic N) is 1. The van der Waals surface area contributed by atoms with E-state index in [4.69, 9.17) is 0 Å². The standard InChI is InChI=1S/C22H27N/c1-21(2,3)23(22(4,5)6)20-13-9-12-18-17-11-8-7-10-16(17)14-15-19(18)20/h7-15H,1-6H3. The predicted molar refractivity (Wildman–Crippen MR) is 103 cm³/mol. The Morgan fingerprint density at radius 3 is 1.83 bits per heavy atom. The van der Waals surface area contributed by atoms with Gasteiger partial charge < -0.3 is 4.90 Å². The molecule has 0 amide bonds. The van der Waals surface area contributed by atoms with E-state index in [9.17, 15) is 0 Å². The lowest BCUT2D eigenvalue weighted by Crippen LogP contribution is -2.53. The van der Waals surface area contributed by atoms with Crippen molar-refractivity contribution < 1.29 is 0 Å². The van der Waals surface area contributed by atoms with Crippen LogP contribution >= 0.6 is 0 Å². The van der Waals surface area contributed by atoms with Crippen LogP contribution in [-0.2, 0) is 0 Å². The molecule has 1 heteroatoms. The minimum absolute atomic E-state index is 0.0537. The third-order valence-corrected chi connectivity index (χ3v) is 4.35. The zero-order valence-electron chi connectivity index (χ0n) is 15.1. The van der Waals surface area contributed by atoms with Gasteiger partial charge in [0.25, 0.3) is 0 Å². The fourth-order valence-corrected chi connectivity index (χ4v) is 3.95. The van der Waals surface area contributed by atoms with Gasteiger partial charge in [-0.3, -0.25) is 0 Å². The van der Waals surface area contributed by atoms with Crippen molar-refractivity contribution in [2.24, 2.45) is 0 Å². The lowest BCUT2D eigenvalue weighted by molar-refractivity contribution is 0.382. The molecule has 0 saturated carbocycles. The number of anilines is 1. The molecule has 0 atom stereocenters. The highest BCUT2D eigenvalue weighted by molar-refractivity contribution is 6.11. The average molecular weight is 305 g/mol. The van der Waals surface area contributed by atoms with E-state index in [-0.39, 0.29) is 11.1 Å². The summed E-state index contributed by atoms with van der Waals surface area (Å²) in [5.74, 6) is 0. The van der Waals surface area contributed by atoms with Crippen LogP contribution < -0.4 is 4.90 Å². The van der Waals surface area contributed by atoms with Gasteiger partial charge in [0.15, 0.2) is 0 Å². The topological polar surface area (TPSA) is 3.24 Å². The van der Waals surface area contributed by atoms with E-state index in [1.807, 2.05) is 0 Å². The number of benzene rings is 3. The van der Waals surface area contributed by atoms with Crippen LogP contribution in [0.4, 0.5) is 5.69 Å². The van der Waals surface area contributed by atoms with E-state index >= 15 is 0 Å². The van der Waals surface area contributed by atoms with Gasteiger partial charge in [-0.25, -0.2) is 0 Å². The molecule has 0 aliphatic rings. The monoisotopic (exact) mass is 305 g/mol. The van der Waals surface area contributed by atoms with E-state index in [1.165, 1.54) is 27.2 Å².